The summed E-state index contributed by atoms with van der Waals surface area (Å²) in [5.74, 6) is 0.737. The first-order valence-electron chi connectivity index (χ1n) is 10.6. The zero-order valence-corrected chi connectivity index (χ0v) is 19.0. The molecule has 172 valence electrons. The third kappa shape index (κ3) is 4.11. The predicted molar refractivity (Wildman–Crippen MR) is 130 cm³/mol. The van der Waals surface area contributed by atoms with Crippen molar-refractivity contribution in [1.29, 1.82) is 0 Å². The number of amides is 1. The molecule has 5 rings (SSSR count). The highest BCUT2D eigenvalue weighted by Gasteiger charge is 2.17. The number of hydrogen-bond acceptors (Lipinski definition) is 7. The van der Waals surface area contributed by atoms with Crippen molar-refractivity contribution < 1.29 is 13.9 Å². The summed E-state index contributed by atoms with van der Waals surface area (Å²) in [6.45, 7) is 2.14. The number of nitrogens with zero attached hydrogens (tertiary/aromatic N) is 3. The predicted octanol–water partition coefficient (Wildman–Crippen LogP) is 3.45. The van der Waals surface area contributed by atoms with Gasteiger partial charge in [0.15, 0.2) is 5.13 Å². The fourth-order valence-corrected chi connectivity index (χ4v) is 4.60. The molecule has 0 aliphatic rings. The number of hydrogen-bond donors (Lipinski definition) is 1. The SMILES string of the molecule is CCOc1ccc2sc(NC(=O)Cn3c(=O)n(Cc4ccco4)c(=O)c4ccccc43)nc2c1. The van der Waals surface area contributed by atoms with Crippen LogP contribution in [-0.2, 0) is 17.9 Å². The maximum absolute atomic E-state index is 13.2. The van der Waals surface area contributed by atoms with Crippen LogP contribution < -0.4 is 21.3 Å². The third-order valence-corrected chi connectivity index (χ3v) is 6.20. The number of carbonyl (C=O) groups excluding carboxylic acids is 1. The molecule has 3 heterocycles. The lowest BCUT2D eigenvalue weighted by molar-refractivity contribution is -0.116. The van der Waals surface area contributed by atoms with Gasteiger partial charge < -0.3 is 14.5 Å². The number of benzene rings is 2. The molecule has 0 bridgehead atoms. The van der Waals surface area contributed by atoms with Crippen molar-refractivity contribution in [2.75, 3.05) is 11.9 Å². The number of carbonyl (C=O) groups is 1. The van der Waals surface area contributed by atoms with E-state index in [0.717, 1.165) is 9.27 Å². The lowest BCUT2D eigenvalue weighted by Crippen LogP contribution is -2.41. The fourth-order valence-electron chi connectivity index (χ4n) is 3.74. The first kappa shape index (κ1) is 21.7. The highest BCUT2D eigenvalue weighted by atomic mass is 32.1. The molecule has 0 fully saturated rings. The Hall–Kier alpha value is -4.18. The van der Waals surface area contributed by atoms with Crippen LogP contribution in [0.25, 0.3) is 21.1 Å². The van der Waals surface area contributed by atoms with E-state index < -0.39 is 17.2 Å². The van der Waals surface area contributed by atoms with Gasteiger partial charge in [0.25, 0.3) is 5.56 Å². The zero-order chi connectivity index (χ0) is 23.7. The normalized spacial score (nSPS) is 11.2. The maximum atomic E-state index is 13.2. The van der Waals surface area contributed by atoms with E-state index in [1.807, 2.05) is 25.1 Å². The Balaban J connectivity index is 1.47. The minimum absolute atomic E-state index is 0.0306. The van der Waals surface area contributed by atoms with Gasteiger partial charge in [-0.1, -0.05) is 23.5 Å². The maximum Gasteiger partial charge on any atom is 0.332 e. The molecular formula is C24H20N4O5S. The molecule has 0 aliphatic heterocycles. The van der Waals surface area contributed by atoms with Gasteiger partial charge in [-0.15, -0.1) is 0 Å². The van der Waals surface area contributed by atoms with Crippen LogP contribution in [0.3, 0.4) is 0 Å². The van der Waals surface area contributed by atoms with Crippen LogP contribution in [0.5, 0.6) is 5.75 Å². The molecule has 0 aliphatic carbocycles. The van der Waals surface area contributed by atoms with Gasteiger partial charge >= 0.3 is 5.69 Å². The Morgan fingerprint density at radius 2 is 1.97 bits per heavy atom. The van der Waals surface area contributed by atoms with Crippen LogP contribution in [0, 0.1) is 0 Å². The van der Waals surface area contributed by atoms with Crippen LogP contribution in [0.2, 0.25) is 0 Å². The van der Waals surface area contributed by atoms with E-state index in [2.05, 4.69) is 10.3 Å². The molecule has 5 aromatic rings. The molecule has 0 radical (unpaired) electrons. The zero-order valence-electron chi connectivity index (χ0n) is 18.2. The summed E-state index contributed by atoms with van der Waals surface area (Å²) in [6.07, 6.45) is 1.47. The molecule has 1 N–H and O–H groups in total. The smallest absolute Gasteiger partial charge is 0.332 e. The number of nitrogens with one attached hydrogen (secondary N) is 1. The molecular weight excluding hydrogens is 456 g/mol. The number of ether oxygens (including phenoxy) is 1. The van der Waals surface area contributed by atoms with Gasteiger partial charge in [-0.25, -0.2) is 9.78 Å². The number of thiazole rings is 1. The van der Waals surface area contributed by atoms with E-state index in [1.54, 1.807) is 36.4 Å². The second-order valence-corrected chi connectivity index (χ2v) is 8.52. The third-order valence-electron chi connectivity index (χ3n) is 5.24. The Kier molecular flexibility index (Phi) is 5.72. The molecule has 0 spiro atoms. The lowest BCUT2D eigenvalue weighted by atomic mass is 10.2. The standard InChI is InChI=1S/C24H20N4O5S/c1-2-32-15-9-10-20-18(12-15)25-23(34-20)26-21(29)14-27-19-8-4-3-7-17(19)22(30)28(24(27)31)13-16-6-5-11-33-16/h3-12H,2,13-14H2,1H3,(H,25,26,29). The van der Waals surface area contributed by atoms with Crippen LogP contribution in [-0.4, -0.2) is 26.6 Å². The Morgan fingerprint density at radius 1 is 1.12 bits per heavy atom. The second kappa shape index (κ2) is 8.99. The summed E-state index contributed by atoms with van der Waals surface area (Å²) < 4.78 is 14.1. The number of anilines is 1. The van der Waals surface area contributed by atoms with Gasteiger partial charge in [0.1, 0.15) is 18.1 Å². The largest absolute Gasteiger partial charge is 0.494 e. The first-order chi connectivity index (χ1) is 16.5. The fraction of sp³-hybridized carbons (Fsp3) is 0.167. The molecule has 10 heteroatoms. The quantitative estimate of drug-likeness (QED) is 0.385. The lowest BCUT2D eigenvalue weighted by Gasteiger charge is -2.13. The van der Waals surface area contributed by atoms with Crippen molar-refractivity contribution in [3.63, 3.8) is 0 Å². The van der Waals surface area contributed by atoms with E-state index in [4.69, 9.17) is 9.15 Å². The molecule has 34 heavy (non-hydrogen) atoms. The number of para-hydroxylation sites is 1. The molecule has 0 unspecified atom stereocenters. The molecule has 0 saturated carbocycles. The number of aromatic nitrogens is 3. The van der Waals surface area contributed by atoms with Gasteiger partial charge in [-0.2, -0.15) is 0 Å². The van der Waals surface area contributed by atoms with Crippen molar-refractivity contribution in [3.05, 3.63) is 87.5 Å². The van der Waals surface area contributed by atoms with E-state index in [1.165, 1.54) is 22.2 Å². The van der Waals surface area contributed by atoms with Crippen molar-refractivity contribution in [3.8, 4) is 5.75 Å². The molecule has 0 saturated heterocycles. The summed E-state index contributed by atoms with van der Waals surface area (Å²) in [7, 11) is 0. The van der Waals surface area contributed by atoms with Crippen molar-refractivity contribution in [2.24, 2.45) is 0 Å². The van der Waals surface area contributed by atoms with E-state index >= 15 is 0 Å². The van der Waals surface area contributed by atoms with Crippen LogP contribution in [0.15, 0.2) is 74.9 Å². The van der Waals surface area contributed by atoms with Gasteiger partial charge in [0.2, 0.25) is 5.91 Å². The van der Waals surface area contributed by atoms with Crippen LogP contribution in [0.4, 0.5) is 5.13 Å². The molecule has 0 atom stereocenters. The Bertz CT molecular complexity index is 1610. The van der Waals surface area contributed by atoms with E-state index in [0.29, 0.717) is 39.7 Å². The summed E-state index contributed by atoms with van der Waals surface area (Å²) in [5.41, 5.74) is 0.0562. The molecule has 2 aromatic carbocycles. The highest BCUT2D eigenvalue weighted by Crippen LogP contribution is 2.29. The number of rotatable bonds is 7. The number of furan rings is 1. The first-order valence-corrected chi connectivity index (χ1v) is 11.4. The van der Waals surface area contributed by atoms with Crippen molar-refractivity contribution >= 4 is 43.5 Å². The van der Waals surface area contributed by atoms with Gasteiger partial charge in [-0.3, -0.25) is 18.7 Å². The van der Waals surface area contributed by atoms with E-state index in [9.17, 15) is 14.4 Å². The number of fused-ring (bicyclic) bond motifs is 2. The molecule has 9 nitrogen and oxygen atoms in total. The van der Waals surface area contributed by atoms with Crippen molar-refractivity contribution in [1.82, 2.24) is 14.1 Å². The Labute approximate surface area is 196 Å². The molecule has 1 amide bonds. The van der Waals surface area contributed by atoms with Crippen LogP contribution in [0.1, 0.15) is 12.7 Å². The summed E-state index contributed by atoms with van der Waals surface area (Å²) in [6, 6.07) is 15.6. The highest BCUT2D eigenvalue weighted by molar-refractivity contribution is 7.22. The van der Waals surface area contributed by atoms with Gasteiger partial charge in [0.05, 0.1) is 40.5 Å². The second-order valence-electron chi connectivity index (χ2n) is 7.49. The monoisotopic (exact) mass is 476 g/mol. The summed E-state index contributed by atoms with van der Waals surface area (Å²) >= 11 is 1.33. The topological polar surface area (TPSA) is 108 Å². The van der Waals surface area contributed by atoms with Gasteiger partial charge in [0, 0.05) is 6.07 Å². The average molecular weight is 477 g/mol. The summed E-state index contributed by atoms with van der Waals surface area (Å²) in [4.78, 5) is 43.6. The van der Waals surface area contributed by atoms with E-state index in [-0.39, 0.29) is 13.1 Å². The average Bonchev–Trinajstić information content (AvgIpc) is 3.49. The van der Waals surface area contributed by atoms with Gasteiger partial charge in [-0.05, 0) is 43.3 Å². The molecule has 3 aromatic heterocycles. The minimum Gasteiger partial charge on any atom is -0.494 e. The van der Waals surface area contributed by atoms with Crippen molar-refractivity contribution in [2.45, 2.75) is 20.0 Å². The van der Waals surface area contributed by atoms with Crippen LogP contribution >= 0.6 is 11.3 Å². The summed E-state index contributed by atoms with van der Waals surface area (Å²) in [5, 5.41) is 3.51. The minimum atomic E-state index is -0.596. The Morgan fingerprint density at radius 3 is 2.76 bits per heavy atom.